The van der Waals surface area contributed by atoms with Crippen molar-refractivity contribution in [3.63, 3.8) is 0 Å². The first-order chi connectivity index (χ1) is 6.86. The molecule has 2 aliphatic carbocycles. The van der Waals surface area contributed by atoms with Gasteiger partial charge in [-0.3, -0.25) is 4.90 Å². The van der Waals surface area contributed by atoms with Crippen LogP contribution in [0.1, 0.15) is 32.1 Å². The van der Waals surface area contributed by atoms with Crippen LogP contribution in [0.2, 0.25) is 0 Å². The second kappa shape index (κ2) is 3.49. The number of hydrogen-bond donors (Lipinski definition) is 1. The lowest BCUT2D eigenvalue weighted by Crippen LogP contribution is -2.44. The van der Waals surface area contributed by atoms with Gasteiger partial charge >= 0.3 is 0 Å². The van der Waals surface area contributed by atoms with E-state index in [1.165, 1.54) is 45.2 Å². The lowest BCUT2D eigenvalue weighted by atomic mass is 10.1. The van der Waals surface area contributed by atoms with Gasteiger partial charge in [0.05, 0.1) is 0 Å². The highest BCUT2D eigenvalue weighted by Crippen LogP contribution is 2.39. The van der Waals surface area contributed by atoms with Crippen LogP contribution >= 0.6 is 0 Å². The number of piperidine rings is 1. The van der Waals surface area contributed by atoms with Crippen LogP contribution in [0.25, 0.3) is 0 Å². The molecule has 0 amide bonds. The van der Waals surface area contributed by atoms with E-state index in [0.29, 0.717) is 0 Å². The first kappa shape index (κ1) is 9.17. The van der Waals surface area contributed by atoms with Crippen LogP contribution in [0.15, 0.2) is 0 Å². The van der Waals surface area contributed by atoms with E-state index < -0.39 is 0 Å². The highest BCUT2D eigenvalue weighted by Gasteiger charge is 2.40. The summed E-state index contributed by atoms with van der Waals surface area (Å²) in [5.74, 6) is 2.05. The van der Waals surface area contributed by atoms with Gasteiger partial charge in [0.2, 0.25) is 0 Å². The summed E-state index contributed by atoms with van der Waals surface area (Å²) in [6.45, 7) is 2.72. The van der Waals surface area contributed by atoms with E-state index >= 15 is 0 Å². The van der Waals surface area contributed by atoms with Gasteiger partial charge in [-0.15, -0.1) is 0 Å². The molecule has 14 heavy (non-hydrogen) atoms. The molecule has 0 spiro atoms. The third kappa shape index (κ3) is 1.59. The molecule has 0 aromatic rings. The van der Waals surface area contributed by atoms with E-state index in [1.807, 2.05) is 0 Å². The number of rotatable bonds is 4. The Morgan fingerprint density at radius 1 is 1.29 bits per heavy atom. The Kier molecular flexibility index (Phi) is 2.29. The molecular weight excluding hydrogens is 172 g/mol. The van der Waals surface area contributed by atoms with Crippen LogP contribution in [0.3, 0.4) is 0 Å². The molecule has 1 N–H and O–H groups in total. The third-order valence-electron chi connectivity index (χ3n) is 4.52. The Balaban J connectivity index is 1.56. The summed E-state index contributed by atoms with van der Waals surface area (Å²) in [6.07, 6.45) is 7.42. The smallest absolute Gasteiger partial charge is 0.0220 e. The van der Waals surface area contributed by atoms with Crippen LogP contribution < -0.4 is 5.32 Å². The Bertz CT molecular complexity index is 212. The average Bonchev–Trinajstić information content (AvgIpc) is 2.84. The molecule has 3 fully saturated rings. The molecule has 0 aromatic carbocycles. The van der Waals surface area contributed by atoms with Crippen molar-refractivity contribution in [2.24, 2.45) is 11.8 Å². The molecule has 3 atom stereocenters. The molecule has 80 valence electrons. The summed E-state index contributed by atoms with van der Waals surface area (Å²) in [7, 11) is 2.14. The second-order valence-corrected chi connectivity index (χ2v) is 5.52. The highest BCUT2D eigenvalue weighted by atomic mass is 15.2. The van der Waals surface area contributed by atoms with Crippen molar-refractivity contribution in [1.29, 1.82) is 0 Å². The SMILES string of the molecule is CNC(CN1CC2CCC1C2)C1CC1. The maximum absolute atomic E-state index is 3.51. The van der Waals surface area contributed by atoms with Crippen molar-refractivity contribution in [2.45, 2.75) is 44.2 Å². The van der Waals surface area contributed by atoms with Gasteiger partial charge in [0, 0.05) is 25.2 Å². The molecule has 1 saturated heterocycles. The topological polar surface area (TPSA) is 15.3 Å². The van der Waals surface area contributed by atoms with Gasteiger partial charge in [0.1, 0.15) is 0 Å². The predicted octanol–water partition coefficient (Wildman–Crippen LogP) is 1.47. The van der Waals surface area contributed by atoms with Crippen molar-refractivity contribution >= 4 is 0 Å². The first-order valence-electron chi connectivity index (χ1n) is 6.28. The molecule has 3 unspecified atom stereocenters. The van der Waals surface area contributed by atoms with Gasteiger partial charge in [0.25, 0.3) is 0 Å². The number of hydrogen-bond acceptors (Lipinski definition) is 2. The number of likely N-dealkylation sites (N-methyl/N-ethyl adjacent to an activating group) is 1. The monoisotopic (exact) mass is 194 g/mol. The minimum atomic E-state index is 0.786. The maximum Gasteiger partial charge on any atom is 0.0220 e. The first-order valence-corrected chi connectivity index (χ1v) is 6.28. The average molecular weight is 194 g/mol. The molecule has 2 heteroatoms. The predicted molar refractivity (Wildman–Crippen MR) is 58.3 cm³/mol. The minimum absolute atomic E-state index is 0.786. The van der Waals surface area contributed by atoms with E-state index in [9.17, 15) is 0 Å². The van der Waals surface area contributed by atoms with E-state index in [1.54, 1.807) is 0 Å². The Morgan fingerprint density at radius 2 is 2.14 bits per heavy atom. The number of fused-ring (bicyclic) bond motifs is 2. The normalized spacial score (nSPS) is 39.2. The zero-order valence-corrected chi connectivity index (χ0v) is 9.21. The van der Waals surface area contributed by atoms with Crippen molar-refractivity contribution in [3.05, 3.63) is 0 Å². The minimum Gasteiger partial charge on any atom is -0.315 e. The largest absolute Gasteiger partial charge is 0.315 e. The molecule has 3 aliphatic rings. The van der Waals surface area contributed by atoms with Crippen LogP contribution in [0.4, 0.5) is 0 Å². The van der Waals surface area contributed by atoms with Gasteiger partial charge in [0.15, 0.2) is 0 Å². The van der Waals surface area contributed by atoms with Crippen molar-refractivity contribution in [3.8, 4) is 0 Å². The quantitative estimate of drug-likeness (QED) is 0.729. The van der Waals surface area contributed by atoms with Gasteiger partial charge in [-0.2, -0.15) is 0 Å². The molecular formula is C12H22N2. The number of likely N-dealkylation sites (tertiary alicyclic amines) is 1. The Morgan fingerprint density at radius 3 is 2.64 bits per heavy atom. The lowest BCUT2D eigenvalue weighted by Gasteiger charge is -2.30. The fourth-order valence-corrected chi connectivity index (χ4v) is 3.48. The molecule has 2 nitrogen and oxygen atoms in total. The third-order valence-corrected chi connectivity index (χ3v) is 4.52. The van der Waals surface area contributed by atoms with Crippen LogP contribution in [-0.2, 0) is 0 Å². The molecule has 2 saturated carbocycles. The van der Waals surface area contributed by atoms with Crippen LogP contribution in [-0.4, -0.2) is 37.1 Å². The van der Waals surface area contributed by atoms with Crippen LogP contribution in [0, 0.1) is 11.8 Å². The molecule has 2 bridgehead atoms. The summed E-state index contributed by atoms with van der Waals surface area (Å²) in [5, 5.41) is 3.51. The molecule has 3 rings (SSSR count). The van der Waals surface area contributed by atoms with E-state index in [2.05, 4.69) is 17.3 Å². The summed E-state index contributed by atoms with van der Waals surface area (Å²) < 4.78 is 0. The summed E-state index contributed by atoms with van der Waals surface area (Å²) in [4.78, 5) is 2.76. The molecule has 0 aromatic heterocycles. The summed E-state index contributed by atoms with van der Waals surface area (Å²) in [6, 6.07) is 1.74. The van der Waals surface area contributed by atoms with Gasteiger partial charge in [-0.1, -0.05) is 0 Å². The van der Waals surface area contributed by atoms with Crippen molar-refractivity contribution < 1.29 is 0 Å². The molecule has 1 aliphatic heterocycles. The van der Waals surface area contributed by atoms with Gasteiger partial charge < -0.3 is 5.32 Å². The summed E-state index contributed by atoms with van der Waals surface area (Å²) in [5.41, 5.74) is 0. The lowest BCUT2D eigenvalue weighted by molar-refractivity contribution is 0.187. The molecule has 1 heterocycles. The fourth-order valence-electron chi connectivity index (χ4n) is 3.48. The zero-order chi connectivity index (χ0) is 9.54. The van der Waals surface area contributed by atoms with E-state index in [4.69, 9.17) is 0 Å². The van der Waals surface area contributed by atoms with Crippen molar-refractivity contribution in [2.75, 3.05) is 20.1 Å². The van der Waals surface area contributed by atoms with Gasteiger partial charge in [-0.25, -0.2) is 0 Å². The Hall–Kier alpha value is -0.0800. The van der Waals surface area contributed by atoms with E-state index in [0.717, 1.165) is 23.9 Å². The van der Waals surface area contributed by atoms with Gasteiger partial charge in [-0.05, 0) is 51.0 Å². The Labute approximate surface area is 87.0 Å². The molecule has 0 radical (unpaired) electrons. The number of nitrogens with one attached hydrogen (secondary N) is 1. The summed E-state index contributed by atoms with van der Waals surface area (Å²) >= 11 is 0. The van der Waals surface area contributed by atoms with Crippen molar-refractivity contribution in [1.82, 2.24) is 10.2 Å². The zero-order valence-electron chi connectivity index (χ0n) is 9.21. The number of nitrogens with zero attached hydrogens (tertiary/aromatic N) is 1. The van der Waals surface area contributed by atoms with Crippen LogP contribution in [0.5, 0.6) is 0 Å². The van der Waals surface area contributed by atoms with E-state index in [-0.39, 0.29) is 0 Å². The highest BCUT2D eigenvalue weighted by molar-refractivity contribution is 4.96. The second-order valence-electron chi connectivity index (χ2n) is 5.52. The fraction of sp³-hybridized carbons (Fsp3) is 1.00. The maximum atomic E-state index is 3.51. The standard InChI is InChI=1S/C12H22N2/c1-13-12(10-3-4-10)8-14-7-9-2-5-11(14)6-9/h9-13H,2-8H2,1H3.